The first kappa shape index (κ1) is 14.8. The summed E-state index contributed by atoms with van der Waals surface area (Å²) < 4.78 is 8.59. The van der Waals surface area contributed by atoms with Gasteiger partial charge in [-0.05, 0) is 5.56 Å². The molecule has 0 fully saturated rings. The van der Waals surface area contributed by atoms with E-state index in [-0.39, 0.29) is 5.69 Å². The summed E-state index contributed by atoms with van der Waals surface area (Å²) >= 11 is 3.38. The lowest BCUT2D eigenvalue weighted by molar-refractivity contribution is 0.400. The number of hydrogen-bond donors (Lipinski definition) is 0. The smallest absolute Gasteiger partial charge is 0.330 e. The average Bonchev–Trinajstić information content (AvgIpc) is 2.82. The minimum atomic E-state index is -0.114. The number of hydrogen-bond acceptors (Lipinski definition) is 4. The van der Waals surface area contributed by atoms with Crippen LogP contribution in [0.25, 0.3) is 11.2 Å². The average molecular weight is 363 g/mol. The summed E-state index contributed by atoms with van der Waals surface area (Å²) in [6.07, 6.45) is 1.42. The van der Waals surface area contributed by atoms with E-state index in [0.29, 0.717) is 35.5 Å². The number of aryl methyl sites for hydroxylation is 1. The molecule has 0 bridgehead atoms. The van der Waals surface area contributed by atoms with E-state index < -0.39 is 0 Å². The fourth-order valence-electron chi connectivity index (χ4n) is 2.47. The molecule has 6 nitrogen and oxygen atoms in total. The summed E-state index contributed by atoms with van der Waals surface area (Å²) in [4.78, 5) is 21.1. The van der Waals surface area contributed by atoms with Crippen molar-refractivity contribution in [1.82, 2.24) is 19.1 Å². The fourth-order valence-corrected chi connectivity index (χ4v) is 2.82. The van der Waals surface area contributed by atoms with Crippen molar-refractivity contribution in [2.75, 3.05) is 12.4 Å². The third kappa shape index (κ3) is 2.52. The molecule has 0 atom stereocenters. The van der Waals surface area contributed by atoms with Crippen LogP contribution in [0.1, 0.15) is 5.56 Å². The Morgan fingerprint density at radius 1 is 1.18 bits per heavy atom. The largest absolute Gasteiger partial charge is 0.479 e. The normalized spacial score (nSPS) is 11.0. The van der Waals surface area contributed by atoms with E-state index in [4.69, 9.17) is 4.74 Å². The second kappa shape index (κ2) is 6.31. The van der Waals surface area contributed by atoms with E-state index in [1.807, 2.05) is 30.3 Å². The van der Waals surface area contributed by atoms with E-state index in [0.717, 1.165) is 5.56 Å². The Morgan fingerprint density at radius 2 is 1.95 bits per heavy atom. The van der Waals surface area contributed by atoms with Gasteiger partial charge in [0.1, 0.15) is 6.33 Å². The number of imidazole rings is 1. The lowest BCUT2D eigenvalue weighted by Crippen LogP contribution is -2.25. The SMILES string of the molecule is COc1ncnc2c1n(CCBr)c(=O)n2Cc1ccccc1. The van der Waals surface area contributed by atoms with Crippen LogP contribution in [-0.4, -0.2) is 31.5 Å². The van der Waals surface area contributed by atoms with Gasteiger partial charge in [-0.1, -0.05) is 46.3 Å². The lowest BCUT2D eigenvalue weighted by atomic mass is 10.2. The molecular weight excluding hydrogens is 348 g/mol. The van der Waals surface area contributed by atoms with Gasteiger partial charge in [0.15, 0.2) is 11.2 Å². The maximum Gasteiger partial charge on any atom is 0.330 e. The first-order valence-electron chi connectivity index (χ1n) is 6.84. The molecule has 0 saturated heterocycles. The predicted molar refractivity (Wildman–Crippen MR) is 87.7 cm³/mol. The summed E-state index contributed by atoms with van der Waals surface area (Å²) in [6.45, 7) is 0.993. The molecule has 0 N–H and O–H groups in total. The van der Waals surface area contributed by atoms with Crippen LogP contribution in [-0.2, 0) is 13.1 Å². The maximum atomic E-state index is 12.7. The second-order valence-electron chi connectivity index (χ2n) is 4.75. The van der Waals surface area contributed by atoms with E-state index in [9.17, 15) is 4.79 Å². The Labute approximate surface area is 135 Å². The van der Waals surface area contributed by atoms with E-state index in [1.165, 1.54) is 6.33 Å². The Bertz CT molecular complexity index is 842. The molecule has 0 radical (unpaired) electrons. The zero-order chi connectivity index (χ0) is 15.5. The Morgan fingerprint density at radius 3 is 2.64 bits per heavy atom. The topological polar surface area (TPSA) is 61.9 Å². The Balaban J connectivity index is 2.22. The van der Waals surface area contributed by atoms with Gasteiger partial charge in [0.25, 0.3) is 0 Å². The molecule has 1 aromatic carbocycles. The minimum absolute atomic E-state index is 0.114. The number of halogens is 1. The van der Waals surface area contributed by atoms with E-state index >= 15 is 0 Å². The van der Waals surface area contributed by atoms with Gasteiger partial charge in [0, 0.05) is 11.9 Å². The van der Waals surface area contributed by atoms with Crippen molar-refractivity contribution >= 4 is 27.1 Å². The molecule has 0 amide bonds. The number of nitrogens with zero attached hydrogens (tertiary/aromatic N) is 4. The number of fused-ring (bicyclic) bond motifs is 1. The molecule has 0 unspecified atom stereocenters. The van der Waals surface area contributed by atoms with Crippen molar-refractivity contribution in [2.45, 2.75) is 13.1 Å². The molecule has 114 valence electrons. The van der Waals surface area contributed by atoms with Gasteiger partial charge in [-0.25, -0.2) is 9.78 Å². The Kier molecular flexibility index (Phi) is 4.24. The van der Waals surface area contributed by atoms with Crippen LogP contribution in [0, 0.1) is 0 Å². The van der Waals surface area contributed by atoms with Crippen LogP contribution >= 0.6 is 15.9 Å². The summed E-state index contributed by atoms with van der Waals surface area (Å²) in [6, 6.07) is 9.82. The minimum Gasteiger partial charge on any atom is -0.479 e. The van der Waals surface area contributed by atoms with Crippen LogP contribution in [0.4, 0.5) is 0 Å². The molecule has 0 aliphatic carbocycles. The highest BCUT2D eigenvalue weighted by Gasteiger charge is 2.18. The summed E-state index contributed by atoms with van der Waals surface area (Å²) in [7, 11) is 1.54. The number of benzene rings is 1. The van der Waals surface area contributed by atoms with Gasteiger partial charge in [-0.3, -0.25) is 9.13 Å². The molecule has 0 aliphatic heterocycles. The fraction of sp³-hybridized carbons (Fsp3) is 0.267. The first-order valence-corrected chi connectivity index (χ1v) is 7.96. The van der Waals surface area contributed by atoms with Gasteiger partial charge < -0.3 is 4.74 Å². The summed E-state index contributed by atoms with van der Waals surface area (Å²) in [5, 5.41) is 0.662. The molecule has 0 aliphatic rings. The van der Waals surface area contributed by atoms with Gasteiger partial charge in [-0.2, -0.15) is 4.98 Å². The van der Waals surface area contributed by atoms with Crippen molar-refractivity contribution in [3.05, 3.63) is 52.7 Å². The Hall–Kier alpha value is -2.15. The highest BCUT2D eigenvalue weighted by molar-refractivity contribution is 9.09. The van der Waals surface area contributed by atoms with Gasteiger partial charge in [0.05, 0.1) is 13.7 Å². The molecule has 2 aromatic heterocycles. The van der Waals surface area contributed by atoms with Crippen LogP contribution in [0.15, 0.2) is 41.5 Å². The maximum absolute atomic E-state index is 12.7. The van der Waals surface area contributed by atoms with Crippen molar-refractivity contribution in [3.63, 3.8) is 0 Å². The predicted octanol–water partition coefficient (Wildman–Crippen LogP) is 2.04. The van der Waals surface area contributed by atoms with Gasteiger partial charge >= 0.3 is 5.69 Å². The molecule has 0 saturated carbocycles. The molecule has 3 aromatic rings. The zero-order valence-corrected chi connectivity index (χ0v) is 13.7. The highest BCUT2D eigenvalue weighted by atomic mass is 79.9. The third-order valence-corrected chi connectivity index (χ3v) is 3.80. The zero-order valence-electron chi connectivity index (χ0n) is 12.1. The first-order chi connectivity index (χ1) is 10.8. The molecule has 2 heterocycles. The standard InChI is InChI=1S/C15H15BrN4O2/c1-22-14-12-13(17-10-18-14)20(15(21)19(12)8-7-16)9-11-5-3-2-4-6-11/h2-6,10H,7-9H2,1H3. The van der Waals surface area contributed by atoms with Crippen molar-refractivity contribution in [1.29, 1.82) is 0 Å². The van der Waals surface area contributed by atoms with Crippen molar-refractivity contribution in [3.8, 4) is 5.88 Å². The summed E-state index contributed by atoms with van der Waals surface area (Å²) in [5.41, 5.74) is 2.14. The molecule has 0 spiro atoms. The van der Waals surface area contributed by atoms with E-state index in [1.54, 1.807) is 16.2 Å². The number of methoxy groups -OCH3 is 1. The number of alkyl halides is 1. The molecule has 3 rings (SSSR count). The van der Waals surface area contributed by atoms with Crippen LogP contribution in [0.5, 0.6) is 5.88 Å². The van der Waals surface area contributed by atoms with Crippen molar-refractivity contribution < 1.29 is 4.74 Å². The number of ether oxygens (including phenoxy) is 1. The summed E-state index contributed by atoms with van der Waals surface area (Å²) in [5.74, 6) is 0.412. The molecule has 22 heavy (non-hydrogen) atoms. The number of aromatic nitrogens is 4. The molecule has 7 heteroatoms. The highest BCUT2D eigenvalue weighted by Crippen LogP contribution is 2.21. The van der Waals surface area contributed by atoms with Gasteiger partial charge in [-0.15, -0.1) is 0 Å². The molecular formula is C15H15BrN4O2. The second-order valence-corrected chi connectivity index (χ2v) is 5.54. The van der Waals surface area contributed by atoms with Gasteiger partial charge in [0.2, 0.25) is 5.88 Å². The van der Waals surface area contributed by atoms with Crippen LogP contribution in [0.3, 0.4) is 0 Å². The number of rotatable bonds is 5. The lowest BCUT2D eigenvalue weighted by Gasteiger charge is -2.03. The third-order valence-electron chi connectivity index (χ3n) is 3.44. The van der Waals surface area contributed by atoms with Crippen molar-refractivity contribution in [2.24, 2.45) is 0 Å². The quantitative estimate of drug-likeness (QED) is 0.651. The van der Waals surface area contributed by atoms with Crippen LogP contribution < -0.4 is 10.4 Å². The monoisotopic (exact) mass is 362 g/mol. The van der Waals surface area contributed by atoms with Crippen LogP contribution in [0.2, 0.25) is 0 Å². The van der Waals surface area contributed by atoms with E-state index in [2.05, 4.69) is 25.9 Å².